The Morgan fingerprint density at radius 2 is 1.00 bits per heavy atom. The van der Waals surface area contributed by atoms with Gasteiger partial charge in [0.15, 0.2) is 6.10 Å². The summed E-state index contributed by atoms with van der Waals surface area (Å²) in [5.74, 6) is 1.39. The average Bonchev–Trinajstić information content (AvgIpc) is 3.19. The molecule has 0 saturated carbocycles. The standard InChI is InChI=1S/C52H92NO4.C3H6O/c1-9-11-13-15-17-19-21-23-25-26-27-28-29-30-32-34-36-38-40-42-49(5)57-51(47-56-52(54)44-50(48(3)4)45-53(6,7)8)46-55-43-41-39-37-35-33-31-24-22-20-18-16-14-12-10-2;1-3(2)4/h11,13,17,19,23,25,27-28,30,32,36,38,48,50-51H,5,9-10,12,14-16,18,20-22,24,26,29,31,33-35,37,39-47H2,1-4,6-8H3;1-2H3/q+1;/b13-11-,19-17-,25-23-,28-27-,32-30-,38-36-;. The Morgan fingerprint density at radius 1 is 0.590 bits per heavy atom. The first-order valence-corrected chi connectivity index (χ1v) is 24.6. The van der Waals surface area contributed by atoms with Gasteiger partial charge in [-0.3, -0.25) is 4.79 Å². The Kier molecular flexibility index (Phi) is 44.4. The molecule has 0 rings (SSSR count). The molecule has 0 bridgehead atoms. The number of carbonyl (C=O) groups excluding carboxylic acids is 2. The van der Waals surface area contributed by atoms with Crippen LogP contribution in [0.4, 0.5) is 0 Å². The molecule has 61 heavy (non-hydrogen) atoms. The molecular weight excluding hydrogens is 755 g/mol. The molecule has 0 N–H and O–H groups in total. The first-order valence-electron chi connectivity index (χ1n) is 24.6. The highest BCUT2D eigenvalue weighted by atomic mass is 16.6. The van der Waals surface area contributed by atoms with Gasteiger partial charge in [-0.05, 0) is 71.1 Å². The minimum atomic E-state index is -0.353. The van der Waals surface area contributed by atoms with E-state index in [1.807, 2.05) is 0 Å². The summed E-state index contributed by atoms with van der Waals surface area (Å²) in [4.78, 5) is 22.4. The number of rotatable bonds is 40. The minimum absolute atomic E-state index is 0.161. The van der Waals surface area contributed by atoms with Gasteiger partial charge in [0.1, 0.15) is 12.4 Å². The first-order chi connectivity index (χ1) is 29.3. The van der Waals surface area contributed by atoms with Crippen LogP contribution in [-0.2, 0) is 23.8 Å². The average molecular weight is 853 g/mol. The van der Waals surface area contributed by atoms with Crippen LogP contribution in [0.3, 0.4) is 0 Å². The van der Waals surface area contributed by atoms with E-state index in [1.54, 1.807) is 0 Å². The quantitative estimate of drug-likeness (QED) is 0.0202. The number of allylic oxidation sites excluding steroid dienone is 13. The lowest BCUT2D eigenvalue weighted by molar-refractivity contribution is -0.874. The lowest BCUT2D eigenvalue weighted by Crippen LogP contribution is -2.41. The highest BCUT2D eigenvalue weighted by Gasteiger charge is 2.25. The summed E-state index contributed by atoms with van der Waals surface area (Å²) in [5, 5.41) is 0. The van der Waals surface area contributed by atoms with Gasteiger partial charge >= 0.3 is 5.97 Å². The van der Waals surface area contributed by atoms with Gasteiger partial charge in [-0.15, -0.1) is 0 Å². The molecule has 0 heterocycles. The highest BCUT2D eigenvalue weighted by molar-refractivity contribution is 5.72. The molecule has 0 aromatic heterocycles. The van der Waals surface area contributed by atoms with E-state index in [4.69, 9.17) is 14.2 Å². The Labute approximate surface area is 378 Å². The van der Waals surface area contributed by atoms with Crippen LogP contribution in [0.1, 0.15) is 189 Å². The van der Waals surface area contributed by atoms with Gasteiger partial charge in [0.2, 0.25) is 0 Å². The fourth-order valence-corrected chi connectivity index (χ4v) is 6.58. The van der Waals surface area contributed by atoms with Crippen LogP contribution < -0.4 is 0 Å². The number of unbranched alkanes of at least 4 members (excludes halogenated alkanes) is 13. The van der Waals surface area contributed by atoms with Crippen molar-refractivity contribution >= 4 is 11.8 Å². The first kappa shape index (κ1) is 60.1. The summed E-state index contributed by atoms with van der Waals surface area (Å²) in [6.07, 6.45) is 53.0. The zero-order chi connectivity index (χ0) is 45.7. The van der Waals surface area contributed by atoms with Gasteiger partial charge in [0.05, 0.1) is 46.5 Å². The number of ketones is 1. The molecule has 2 atom stereocenters. The Balaban J connectivity index is 0. The van der Waals surface area contributed by atoms with Crippen LogP contribution in [-0.4, -0.2) is 69.8 Å². The third-order valence-electron chi connectivity index (χ3n) is 10.0. The fourth-order valence-electron chi connectivity index (χ4n) is 6.58. The third-order valence-corrected chi connectivity index (χ3v) is 10.0. The maximum absolute atomic E-state index is 12.9. The predicted octanol–water partition coefficient (Wildman–Crippen LogP) is 15.4. The zero-order valence-corrected chi connectivity index (χ0v) is 41.4. The molecular formula is C55H98NO5+. The van der Waals surface area contributed by atoms with Crippen molar-refractivity contribution in [3.8, 4) is 0 Å². The predicted molar refractivity (Wildman–Crippen MR) is 266 cm³/mol. The lowest BCUT2D eigenvalue weighted by atomic mass is 9.91. The van der Waals surface area contributed by atoms with Crippen LogP contribution in [0.15, 0.2) is 85.3 Å². The zero-order valence-electron chi connectivity index (χ0n) is 41.4. The van der Waals surface area contributed by atoms with Crippen molar-refractivity contribution < 1.29 is 28.3 Å². The van der Waals surface area contributed by atoms with Crippen LogP contribution in [0, 0.1) is 11.8 Å². The summed E-state index contributed by atoms with van der Waals surface area (Å²) in [5.41, 5.74) is 0. The van der Waals surface area contributed by atoms with Gasteiger partial charge in [0.25, 0.3) is 0 Å². The molecule has 0 spiro atoms. The summed E-state index contributed by atoms with van der Waals surface area (Å²) in [6, 6.07) is 0. The third kappa shape index (κ3) is 51.3. The van der Waals surface area contributed by atoms with Crippen LogP contribution >= 0.6 is 0 Å². The van der Waals surface area contributed by atoms with E-state index in [-0.39, 0.29) is 30.4 Å². The molecule has 6 heteroatoms. The second-order valence-corrected chi connectivity index (χ2v) is 18.2. The van der Waals surface area contributed by atoms with Gasteiger partial charge < -0.3 is 23.5 Å². The van der Waals surface area contributed by atoms with E-state index in [1.165, 1.54) is 97.3 Å². The molecule has 0 radical (unpaired) electrons. The Hall–Kier alpha value is -2.96. The van der Waals surface area contributed by atoms with Crippen LogP contribution in [0.2, 0.25) is 0 Å². The molecule has 0 amide bonds. The van der Waals surface area contributed by atoms with E-state index in [0.29, 0.717) is 31.3 Å². The van der Waals surface area contributed by atoms with E-state index in [0.717, 1.165) is 68.8 Å². The van der Waals surface area contributed by atoms with Gasteiger partial charge in [-0.2, -0.15) is 0 Å². The second-order valence-electron chi connectivity index (χ2n) is 18.2. The van der Waals surface area contributed by atoms with Crippen molar-refractivity contribution in [2.75, 3.05) is 47.5 Å². The van der Waals surface area contributed by atoms with Crippen molar-refractivity contribution in [2.24, 2.45) is 11.8 Å². The second kappa shape index (κ2) is 45.1. The number of esters is 1. The van der Waals surface area contributed by atoms with Crippen molar-refractivity contribution in [3.05, 3.63) is 85.3 Å². The number of hydrogen-bond acceptors (Lipinski definition) is 5. The molecule has 0 aliphatic heterocycles. The van der Waals surface area contributed by atoms with Crippen LogP contribution in [0.5, 0.6) is 0 Å². The fraction of sp³-hybridized carbons (Fsp3) is 0.709. The summed E-state index contributed by atoms with van der Waals surface area (Å²) < 4.78 is 18.9. The number of hydrogen-bond donors (Lipinski definition) is 0. The monoisotopic (exact) mass is 853 g/mol. The SMILES string of the molecule is C=C(CC/C=C\C/C=C\C/C=C\C/C=C\C/C=C\C/C=C\CC)OC(COCCCCCCCCCCCCCCCC)COC(=O)CC(C[N+](C)(C)C)C(C)C.CC(C)=O. The van der Waals surface area contributed by atoms with Crippen molar-refractivity contribution in [1.82, 2.24) is 0 Å². The maximum Gasteiger partial charge on any atom is 0.306 e. The molecule has 0 saturated heterocycles. The van der Waals surface area contributed by atoms with Crippen molar-refractivity contribution in [3.63, 3.8) is 0 Å². The number of Topliss-reactive ketones (excluding diaryl/α,β-unsaturated/α-hetero) is 1. The molecule has 0 aromatic rings. The van der Waals surface area contributed by atoms with E-state index in [9.17, 15) is 9.59 Å². The number of carbonyl (C=O) groups is 2. The Bertz CT molecular complexity index is 1200. The normalized spacial score (nSPS) is 13.3. The maximum atomic E-state index is 12.9. The van der Waals surface area contributed by atoms with Gasteiger partial charge in [-0.25, -0.2) is 0 Å². The Morgan fingerprint density at radius 3 is 1.41 bits per heavy atom. The van der Waals surface area contributed by atoms with E-state index < -0.39 is 0 Å². The smallest absolute Gasteiger partial charge is 0.306 e. The molecule has 0 fully saturated rings. The lowest BCUT2D eigenvalue weighted by Gasteiger charge is -2.31. The summed E-state index contributed by atoms with van der Waals surface area (Å²) in [7, 11) is 6.52. The highest BCUT2D eigenvalue weighted by Crippen LogP contribution is 2.20. The van der Waals surface area contributed by atoms with Gasteiger partial charge in [-0.1, -0.05) is 191 Å². The van der Waals surface area contributed by atoms with Crippen molar-refractivity contribution in [2.45, 2.75) is 195 Å². The largest absolute Gasteiger partial charge is 0.489 e. The van der Waals surface area contributed by atoms with Crippen molar-refractivity contribution in [1.29, 1.82) is 0 Å². The van der Waals surface area contributed by atoms with Gasteiger partial charge in [0, 0.05) is 18.9 Å². The summed E-state index contributed by atoms with van der Waals surface area (Å²) in [6.45, 7) is 18.3. The number of ether oxygens (including phenoxy) is 3. The topological polar surface area (TPSA) is 61.8 Å². The van der Waals surface area contributed by atoms with E-state index in [2.05, 4.69) is 128 Å². The molecule has 6 nitrogen and oxygen atoms in total. The molecule has 352 valence electrons. The van der Waals surface area contributed by atoms with Crippen LogP contribution in [0.25, 0.3) is 0 Å². The summed E-state index contributed by atoms with van der Waals surface area (Å²) >= 11 is 0. The molecule has 0 aliphatic carbocycles. The number of quaternary nitrogens is 1. The molecule has 2 unspecified atom stereocenters. The van der Waals surface area contributed by atoms with E-state index >= 15 is 0 Å². The number of nitrogens with zero attached hydrogens (tertiary/aromatic N) is 1. The minimum Gasteiger partial charge on any atom is -0.489 e. The molecule has 0 aliphatic rings. The molecule has 0 aromatic carbocycles.